The third kappa shape index (κ3) is 2.05. The van der Waals surface area contributed by atoms with Gasteiger partial charge in [0.1, 0.15) is 0 Å². The fourth-order valence-electron chi connectivity index (χ4n) is 0.913. The smallest absolute Gasteiger partial charge is 0.324 e. The Hall–Kier alpha value is -0.875. The van der Waals surface area contributed by atoms with Gasteiger partial charge in [-0.1, -0.05) is 29.8 Å². The Bertz CT molecular complexity index is 236. The summed E-state index contributed by atoms with van der Waals surface area (Å²) in [6.07, 6.45) is 0. The van der Waals surface area contributed by atoms with E-state index in [9.17, 15) is 0 Å². The van der Waals surface area contributed by atoms with Gasteiger partial charge in [0.25, 0.3) is 0 Å². The first-order valence-electron chi connectivity index (χ1n) is 3.55. The molecule has 0 aliphatic heterocycles. The predicted octanol–water partition coefficient (Wildman–Crippen LogP) is -0.529. The minimum atomic E-state index is -0.689. The van der Waals surface area contributed by atoms with Crippen LogP contribution in [0.25, 0.3) is 0 Å². The summed E-state index contributed by atoms with van der Waals surface area (Å²) in [5, 5.41) is 0. The molecule has 0 radical (unpaired) electrons. The van der Waals surface area contributed by atoms with Crippen LogP contribution in [0.3, 0.4) is 0 Å². The van der Waals surface area contributed by atoms with Crippen LogP contribution in [0.5, 0.6) is 0 Å². The second kappa shape index (κ2) is 4.23. The van der Waals surface area contributed by atoms with Crippen molar-refractivity contribution in [2.75, 3.05) is 0 Å². The van der Waals surface area contributed by atoms with Crippen LogP contribution in [0.2, 0.25) is 0 Å². The zero-order valence-corrected chi connectivity index (χ0v) is 6.86. The van der Waals surface area contributed by atoms with Crippen molar-refractivity contribution in [3.63, 3.8) is 0 Å². The predicted molar refractivity (Wildman–Crippen MR) is 47.1 cm³/mol. The Morgan fingerprint density at radius 2 is 1.58 bits per heavy atom. The SMILES string of the molecule is Cc1ccc(B(ON)ON)cc1. The molecule has 0 amide bonds. The molecule has 1 aromatic carbocycles. The van der Waals surface area contributed by atoms with E-state index in [4.69, 9.17) is 11.8 Å². The van der Waals surface area contributed by atoms with Crippen LogP contribution in [-0.2, 0) is 9.51 Å². The Kier molecular flexibility index (Phi) is 3.24. The molecule has 5 heteroatoms. The van der Waals surface area contributed by atoms with Gasteiger partial charge in [-0.3, -0.25) is 0 Å². The van der Waals surface area contributed by atoms with Gasteiger partial charge < -0.3 is 9.51 Å². The van der Waals surface area contributed by atoms with E-state index in [1.807, 2.05) is 31.2 Å². The quantitative estimate of drug-likeness (QED) is 0.467. The van der Waals surface area contributed by atoms with E-state index in [1.165, 1.54) is 0 Å². The summed E-state index contributed by atoms with van der Waals surface area (Å²) in [6, 6.07) is 7.56. The molecule has 0 fully saturated rings. The van der Waals surface area contributed by atoms with Crippen molar-refractivity contribution in [2.45, 2.75) is 6.92 Å². The minimum absolute atomic E-state index is 0.689. The fraction of sp³-hybridized carbons (Fsp3) is 0.143. The molecular weight excluding hydrogens is 155 g/mol. The Balaban J connectivity index is 2.80. The van der Waals surface area contributed by atoms with Crippen LogP contribution in [0.15, 0.2) is 24.3 Å². The maximum Gasteiger partial charge on any atom is 0.527 e. The van der Waals surface area contributed by atoms with Crippen LogP contribution in [0.1, 0.15) is 5.56 Å². The van der Waals surface area contributed by atoms with Gasteiger partial charge in [-0.25, -0.2) is 11.8 Å². The molecule has 12 heavy (non-hydrogen) atoms. The van der Waals surface area contributed by atoms with Crippen LogP contribution in [-0.4, -0.2) is 7.12 Å². The highest BCUT2D eigenvalue weighted by Gasteiger charge is 2.18. The summed E-state index contributed by atoms with van der Waals surface area (Å²) in [6.45, 7) is 1.99. The van der Waals surface area contributed by atoms with Crippen molar-refractivity contribution in [1.29, 1.82) is 0 Å². The standard InChI is InChI=1S/C7H11BN2O2/c1-6-2-4-7(5-3-6)8(11-9)12-10/h2-5H,9-10H2,1H3. The third-order valence-corrected chi connectivity index (χ3v) is 1.60. The van der Waals surface area contributed by atoms with Crippen molar-refractivity contribution >= 4 is 12.6 Å². The number of hydrogen-bond donors (Lipinski definition) is 2. The van der Waals surface area contributed by atoms with Gasteiger partial charge in [0.2, 0.25) is 0 Å². The molecule has 0 spiro atoms. The fourth-order valence-corrected chi connectivity index (χ4v) is 0.913. The van der Waals surface area contributed by atoms with E-state index in [0.717, 1.165) is 11.0 Å². The molecule has 4 N–H and O–H groups in total. The summed E-state index contributed by atoms with van der Waals surface area (Å²) >= 11 is 0. The van der Waals surface area contributed by atoms with E-state index in [0.29, 0.717) is 0 Å². The molecule has 64 valence electrons. The van der Waals surface area contributed by atoms with E-state index in [-0.39, 0.29) is 0 Å². The molecule has 1 aromatic rings. The van der Waals surface area contributed by atoms with Crippen molar-refractivity contribution in [1.82, 2.24) is 0 Å². The van der Waals surface area contributed by atoms with Crippen LogP contribution >= 0.6 is 0 Å². The third-order valence-electron chi connectivity index (χ3n) is 1.60. The largest absolute Gasteiger partial charge is 0.527 e. The molecule has 0 bridgehead atoms. The number of rotatable bonds is 3. The zero-order chi connectivity index (χ0) is 8.97. The maximum atomic E-state index is 4.95. The van der Waals surface area contributed by atoms with Crippen LogP contribution in [0.4, 0.5) is 0 Å². The molecular formula is C7H11BN2O2. The molecule has 0 saturated carbocycles. The normalized spacial score (nSPS) is 9.92. The summed E-state index contributed by atoms with van der Waals surface area (Å²) < 4.78 is 8.96. The Morgan fingerprint density at radius 3 is 2.00 bits per heavy atom. The van der Waals surface area contributed by atoms with Gasteiger partial charge in [0.15, 0.2) is 0 Å². The lowest BCUT2D eigenvalue weighted by Crippen LogP contribution is -2.41. The molecule has 0 aliphatic rings. The minimum Gasteiger partial charge on any atom is -0.324 e. The number of benzene rings is 1. The maximum absolute atomic E-state index is 4.95. The van der Waals surface area contributed by atoms with Crippen molar-refractivity contribution in [3.8, 4) is 0 Å². The van der Waals surface area contributed by atoms with E-state index < -0.39 is 7.12 Å². The summed E-state index contributed by atoms with van der Waals surface area (Å²) in [5.74, 6) is 9.90. The topological polar surface area (TPSA) is 70.5 Å². The highest BCUT2D eigenvalue weighted by Crippen LogP contribution is 1.94. The first-order chi connectivity index (χ1) is 5.77. The zero-order valence-electron chi connectivity index (χ0n) is 6.86. The first kappa shape index (κ1) is 9.21. The van der Waals surface area contributed by atoms with Gasteiger partial charge >= 0.3 is 7.12 Å². The Labute approximate surface area is 71.5 Å². The second-order valence-corrected chi connectivity index (χ2v) is 2.51. The molecule has 0 heterocycles. The lowest BCUT2D eigenvalue weighted by Gasteiger charge is -2.06. The van der Waals surface area contributed by atoms with Gasteiger partial charge in [0.05, 0.1) is 0 Å². The highest BCUT2D eigenvalue weighted by atomic mass is 16.7. The first-order valence-corrected chi connectivity index (χ1v) is 3.55. The molecule has 0 saturated heterocycles. The summed E-state index contributed by atoms with van der Waals surface area (Å²) in [5.41, 5.74) is 1.96. The number of nitrogens with two attached hydrogens (primary N) is 2. The van der Waals surface area contributed by atoms with Crippen molar-refractivity contribution in [3.05, 3.63) is 29.8 Å². The summed E-state index contributed by atoms with van der Waals surface area (Å²) in [7, 11) is -0.689. The molecule has 0 atom stereocenters. The van der Waals surface area contributed by atoms with Gasteiger partial charge in [0, 0.05) is 0 Å². The van der Waals surface area contributed by atoms with Gasteiger partial charge in [-0.05, 0) is 12.4 Å². The van der Waals surface area contributed by atoms with Crippen LogP contribution in [0, 0.1) is 6.92 Å². The lowest BCUT2D eigenvalue weighted by atomic mass is 9.79. The molecule has 0 aromatic heterocycles. The molecule has 4 nitrogen and oxygen atoms in total. The molecule has 0 aliphatic carbocycles. The van der Waals surface area contributed by atoms with Gasteiger partial charge in [-0.2, -0.15) is 0 Å². The molecule has 1 rings (SSSR count). The summed E-state index contributed by atoms with van der Waals surface area (Å²) in [4.78, 5) is 0. The monoisotopic (exact) mass is 166 g/mol. The average molecular weight is 166 g/mol. The lowest BCUT2D eigenvalue weighted by molar-refractivity contribution is 0.215. The Morgan fingerprint density at radius 1 is 1.08 bits per heavy atom. The van der Waals surface area contributed by atoms with Crippen molar-refractivity contribution in [2.24, 2.45) is 11.8 Å². The van der Waals surface area contributed by atoms with E-state index >= 15 is 0 Å². The number of aryl methyl sites for hydroxylation is 1. The van der Waals surface area contributed by atoms with Crippen molar-refractivity contribution < 1.29 is 9.51 Å². The van der Waals surface area contributed by atoms with Gasteiger partial charge in [-0.15, -0.1) is 0 Å². The molecule has 0 unspecified atom stereocenters. The highest BCUT2D eigenvalue weighted by molar-refractivity contribution is 6.61. The van der Waals surface area contributed by atoms with Crippen LogP contribution < -0.4 is 17.3 Å². The van der Waals surface area contributed by atoms with E-state index in [1.54, 1.807) is 0 Å². The second-order valence-electron chi connectivity index (χ2n) is 2.51. The number of hydrogen-bond acceptors (Lipinski definition) is 4. The average Bonchev–Trinajstić information content (AvgIpc) is 2.10. The van der Waals surface area contributed by atoms with E-state index in [2.05, 4.69) is 9.51 Å².